The second-order valence-corrected chi connectivity index (χ2v) is 5.52. The van der Waals surface area contributed by atoms with Gasteiger partial charge < -0.3 is 9.64 Å². The summed E-state index contributed by atoms with van der Waals surface area (Å²) in [5.74, 6) is 1.69. The predicted octanol–water partition coefficient (Wildman–Crippen LogP) is 3.14. The van der Waals surface area contributed by atoms with E-state index in [0.717, 1.165) is 24.3 Å². The molecule has 2 aliphatic rings. The second-order valence-electron chi connectivity index (χ2n) is 5.52. The highest BCUT2D eigenvalue weighted by molar-refractivity contribution is 5.86. The van der Waals surface area contributed by atoms with Gasteiger partial charge in [0.1, 0.15) is 5.75 Å². The molecule has 105 valence electrons. The number of carbonyl (C=O) groups excluding carboxylic acids is 1. The zero-order valence-electron chi connectivity index (χ0n) is 11.8. The highest BCUT2D eigenvalue weighted by atomic mass is 16.5. The molecule has 1 aliphatic heterocycles. The van der Waals surface area contributed by atoms with Crippen molar-refractivity contribution in [1.29, 1.82) is 0 Å². The maximum Gasteiger partial charge on any atom is 0.227 e. The first-order valence-electron chi connectivity index (χ1n) is 7.22. The summed E-state index contributed by atoms with van der Waals surface area (Å²) in [7, 11) is 1.67. The maximum atomic E-state index is 12.3. The smallest absolute Gasteiger partial charge is 0.227 e. The van der Waals surface area contributed by atoms with Gasteiger partial charge in [-0.15, -0.1) is 0 Å². The molecule has 1 fully saturated rings. The Morgan fingerprint density at radius 3 is 2.65 bits per heavy atom. The summed E-state index contributed by atoms with van der Waals surface area (Å²) in [6.07, 6.45) is 9.24. The fourth-order valence-corrected chi connectivity index (χ4v) is 2.61. The normalized spacial score (nSPS) is 22.8. The van der Waals surface area contributed by atoms with E-state index in [9.17, 15) is 4.79 Å². The maximum absolute atomic E-state index is 12.3. The Kier molecular flexibility index (Phi) is 3.77. The van der Waals surface area contributed by atoms with Gasteiger partial charge in [0.05, 0.1) is 19.6 Å². The Balaban J connectivity index is 1.86. The van der Waals surface area contributed by atoms with Crippen molar-refractivity contribution >= 4 is 5.91 Å². The van der Waals surface area contributed by atoms with Gasteiger partial charge in [-0.25, -0.2) is 0 Å². The third-order valence-electron chi connectivity index (χ3n) is 3.97. The number of rotatable bonds is 4. The lowest BCUT2D eigenvalue weighted by molar-refractivity contribution is -0.129. The van der Waals surface area contributed by atoms with Crippen molar-refractivity contribution in [1.82, 2.24) is 4.90 Å². The Hall–Kier alpha value is -1.77. The minimum Gasteiger partial charge on any atom is -0.497 e. The standard InChI is InChI=1S/C17H20NO2/c1-20-15-10-8-14(9-11-15)16-4-2-3-5-17(19)18(16)12-13-6-7-13/h2,4-5,8-11,13,16H,3,6-7,12H2,1H3/t16-/m0/s1. The third kappa shape index (κ3) is 2.87. The predicted molar refractivity (Wildman–Crippen MR) is 78.2 cm³/mol. The van der Waals surface area contributed by atoms with Crippen molar-refractivity contribution in [2.45, 2.75) is 25.3 Å². The molecular weight excluding hydrogens is 250 g/mol. The average molecular weight is 270 g/mol. The number of hydrogen-bond acceptors (Lipinski definition) is 2. The molecule has 1 atom stereocenters. The molecular formula is C17H20NO2. The number of ether oxygens (including phenoxy) is 1. The molecule has 1 aromatic rings. The van der Waals surface area contributed by atoms with Crippen LogP contribution in [0.3, 0.4) is 0 Å². The van der Waals surface area contributed by atoms with Crippen LogP contribution in [0.4, 0.5) is 0 Å². The molecule has 0 saturated heterocycles. The average Bonchev–Trinajstić information content (AvgIpc) is 3.30. The van der Waals surface area contributed by atoms with E-state index in [-0.39, 0.29) is 11.9 Å². The first-order valence-corrected chi connectivity index (χ1v) is 7.22. The quantitative estimate of drug-likeness (QED) is 0.787. The summed E-state index contributed by atoms with van der Waals surface area (Å²) in [5, 5.41) is 0. The van der Waals surface area contributed by atoms with Crippen molar-refractivity contribution in [3.8, 4) is 5.75 Å². The monoisotopic (exact) mass is 270 g/mol. The molecule has 1 aliphatic carbocycles. The SMILES string of the molecule is COc1ccc([C@@H]2C=CC[CH]C(=O)N2CC2CC2)cc1. The van der Waals surface area contributed by atoms with E-state index >= 15 is 0 Å². The lowest BCUT2D eigenvalue weighted by Crippen LogP contribution is -2.35. The molecule has 1 amide bonds. The van der Waals surface area contributed by atoms with Crippen LogP contribution in [0.5, 0.6) is 5.75 Å². The first-order chi connectivity index (χ1) is 9.78. The van der Waals surface area contributed by atoms with Gasteiger partial charge in [0.25, 0.3) is 0 Å². The van der Waals surface area contributed by atoms with E-state index in [0.29, 0.717) is 5.92 Å². The van der Waals surface area contributed by atoms with E-state index in [1.54, 1.807) is 13.5 Å². The van der Waals surface area contributed by atoms with Gasteiger partial charge in [-0.2, -0.15) is 0 Å². The van der Waals surface area contributed by atoms with Gasteiger partial charge in [0.15, 0.2) is 0 Å². The zero-order valence-corrected chi connectivity index (χ0v) is 11.8. The van der Waals surface area contributed by atoms with Gasteiger partial charge in [0.2, 0.25) is 5.91 Å². The summed E-state index contributed by atoms with van der Waals surface area (Å²) in [5.41, 5.74) is 1.14. The van der Waals surface area contributed by atoms with Crippen LogP contribution in [0.2, 0.25) is 0 Å². The van der Waals surface area contributed by atoms with Crippen molar-refractivity contribution in [2.75, 3.05) is 13.7 Å². The van der Waals surface area contributed by atoms with Gasteiger partial charge in [0, 0.05) is 6.54 Å². The van der Waals surface area contributed by atoms with Crippen LogP contribution >= 0.6 is 0 Å². The summed E-state index contributed by atoms with van der Waals surface area (Å²) in [6, 6.07) is 8.06. The number of allylic oxidation sites excluding steroid dienone is 1. The Morgan fingerprint density at radius 2 is 2.00 bits per heavy atom. The summed E-state index contributed by atoms with van der Waals surface area (Å²) < 4.78 is 5.20. The van der Waals surface area contributed by atoms with Crippen LogP contribution < -0.4 is 4.74 Å². The van der Waals surface area contributed by atoms with Crippen LogP contribution in [-0.2, 0) is 4.79 Å². The van der Waals surface area contributed by atoms with Crippen LogP contribution in [0.1, 0.15) is 30.9 Å². The topological polar surface area (TPSA) is 29.5 Å². The molecule has 3 nitrogen and oxygen atoms in total. The summed E-state index contributed by atoms with van der Waals surface area (Å²) in [6.45, 7) is 0.871. The number of hydrogen-bond donors (Lipinski definition) is 0. The molecule has 0 aromatic heterocycles. The van der Waals surface area contributed by atoms with Gasteiger partial charge in [-0.3, -0.25) is 4.79 Å². The number of benzene rings is 1. The third-order valence-corrected chi connectivity index (χ3v) is 3.97. The van der Waals surface area contributed by atoms with Crippen molar-refractivity contribution < 1.29 is 9.53 Å². The first kappa shape index (κ1) is 13.2. The fourth-order valence-electron chi connectivity index (χ4n) is 2.61. The van der Waals surface area contributed by atoms with Crippen LogP contribution in [0.15, 0.2) is 36.4 Å². The van der Waals surface area contributed by atoms with Crippen molar-refractivity contribution in [3.63, 3.8) is 0 Å². The van der Waals surface area contributed by atoms with E-state index in [2.05, 4.69) is 12.2 Å². The summed E-state index contributed by atoms with van der Waals surface area (Å²) >= 11 is 0. The highest BCUT2D eigenvalue weighted by Crippen LogP contribution is 2.35. The van der Waals surface area contributed by atoms with Crippen LogP contribution in [-0.4, -0.2) is 24.5 Å². The van der Waals surface area contributed by atoms with E-state index in [4.69, 9.17) is 4.74 Å². The molecule has 3 heteroatoms. The minimum atomic E-state index is 0.0488. The molecule has 3 rings (SSSR count). The molecule has 0 N–H and O–H groups in total. The number of amides is 1. The highest BCUT2D eigenvalue weighted by Gasteiger charge is 2.31. The van der Waals surface area contributed by atoms with Crippen LogP contribution in [0, 0.1) is 12.3 Å². The minimum absolute atomic E-state index is 0.0488. The van der Waals surface area contributed by atoms with E-state index < -0.39 is 0 Å². The zero-order chi connectivity index (χ0) is 13.9. The van der Waals surface area contributed by atoms with E-state index in [1.165, 1.54) is 12.8 Å². The fraction of sp³-hybridized carbons (Fsp3) is 0.412. The number of methoxy groups -OCH3 is 1. The van der Waals surface area contributed by atoms with Gasteiger partial charge in [-0.1, -0.05) is 24.3 Å². The molecule has 20 heavy (non-hydrogen) atoms. The van der Waals surface area contributed by atoms with Crippen molar-refractivity contribution in [2.24, 2.45) is 5.92 Å². The lowest BCUT2D eigenvalue weighted by Gasteiger charge is -2.29. The van der Waals surface area contributed by atoms with E-state index in [1.807, 2.05) is 29.2 Å². The molecule has 0 bridgehead atoms. The number of carbonyl (C=O) groups is 1. The lowest BCUT2D eigenvalue weighted by atomic mass is 10.0. The van der Waals surface area contributed by atoms with Crippen LogP contribution in [0.25, 0.3) is 0 Å². The Labute approximate surface area is 120 Å². The van der Waals surface area contributed by atoms with Gasteiger partial charge in [-0.05, 0) is 42.9 Å². The van der Waals surface area contributed by atoms with Gasteiger partial charge >= 0.3 is 0 Å². The molecule has 1 saturated carbocycles. The second kappa shape index (κ2) is 5.70. The molecule has 0 spiro atoms. The Bertz CT molecular complexity index is 502. The molecule has 1 aromatic carbocycles. The largest absolute Gasteiger partial charge is 0.497 e. The Morgan fingerprint density at radius 1 is 1.25 bits per heavy atom. The summed E-state index contributed by atoms with van der Waals surface area (Å²) in [4.78, 5) is 14.3. The molecule has 1 radical (unpaired) electrons. The molecule has 1 heterocycles. The number of nitrogens with zero attached hydrogens (tertiary/aromatic N) is 1. The molecule has 0 unspecified atom stereocenters. The van der Waals surface area contributed by atoms with Crippen molar-refractivity contribution in [3.05, 3.63) is 48.4 Å².